The van der Waals surface area contributed by atoms with Gasteiger partial charge in [-0.15, -0.1) is 0 Å². The van der Waals surface area contributed by atoms with E-state index < -0.39 is 11.6 Å². The fraction of sp³-hybridized carbons (Fsp3) is 0.533. The maximum Gasteiger partial charge on any atom is 0.376 e. The molecule has 1 rings (SSSR count). The van der Waals surface area contributed by atoms with Gasteiger partial charge in [-0.2, -0.15) is 4.89 Å². The maximum absolute atomic E-state index is 11.8. The van der Waals surface area contributed by atoms with Gasteiger partial charge >= 0.3 is 5.97 Å². The molecule has 118 valence electrons. The lowest BCUT2D eigenvalue weighted by atomic mass is 9.83. The monoisotopic (exact) mass is 298 g/mol. The van der Waals surface area contributed by atoms with Crippen LogP contribution in [0.4, 0.5) is 0 Å². The average Bonchev–Trinajstić information content (AvgIpc) is 2.34. The molecular formula is C15H22O6. The average molecular weight is 298 g/mol. The largest absolute Gasteiger partial charge is 0.376 e. The number of benzene rings is 1. The fourth-order valence-electron chi connectivity index (χ4n) is 1.63. The van der Waals surface area contributed by atoms with Crippen molar-refractivity contribution in [1.82, 2.24) is 0 Å². The summed E-state index contributed by atoms with van der Waals surface area (Å²) in [5, 5.41) is 11.7. The van der Waals surface area contributed by atoms with Crippen molar-refractivity contribution < 1.29 is 29.8 Å². The minimum absolute atomic E-state index is 0.277. The van der Waals surface area contributed by atoms with E-state index >= 15 is 0 Å². The van der Waals surface area contributed by atoms with Crippen LogP contribution >= 0.6 is 0 Å². The highest BCUT2D eigenvalue weighted by Crippen LogP contribution is 2.30. The SMILES string of the molecule is CC(C)(C)OOc1ccc(C(=O)OOO)c(C(C)(C)C)c1. The predicted molar refractivity (Wildman–Crippen MR) is 75.7 cm³/mol. The van der Waals surface area contributed by atoms with Gasteiger partial charge in [-0.05, 0) is 55.0 Å². The molecule has 0 aliphatic heterocycles. The lowest BCUT2D eigenvalue weighted by Crippen LogP contribution is -2.22. The van der Waals surface area contributed by atoms with Gasteiger partial charge in [0.15, 0.2) is 5.75 Å². The van der Waals surface area contributed by atoms with Crippen LogP contribution in [0.15, 0.2) is 18.2 Å². The van der Waals surface area contributed by atoms with Crippen LogP contribution in [0.1, 0.15) is 57.5 Å². The predicted octanol–water partition coefficient (Wildman–Crippen LogP) is 3.65. The van der Waals surface area contributed by atoms with E-state index in [9.17, 15) is 4.79 Å². The molecule has 0 aliphatic rings. The molecule has 0 atom stereocenters. The molecule has 0 heterocycles. The Morgan fingerprint density at radius 3 is 2.19 bits per heavy atom. The van der Waals surface area contributed by atoms with Gasteiger partial charge < -0.3 is 4.89 Å². The van der Waals surface area contributed by atoms with Crippen molar-refractivity contribution >= 4 is 5.97 Å². The molecule has 21 heavy (non-hydrogen) atoms. The highest BCUT2D eigenvalue weighted by Gasteiger charge is 2.25. The summed E-state index contributed by atoms with van der Waals surface area (Å²) in [6.07, 6.45) is 0. The Labute approximate surface area is 124 Å². The molecular weight excluding hydrogens is 276 g/mol. The van der Waals surface area contributed by atoms with Crippen molar-refractivity contribution in [2.45, 2.75) is 52.6 Å². The molecule has 1 aromatic rings. The minimum atomic E-state index is -0.786. The lowest BCUT2D eigenvalue weighted by Gasteiger charge is -2.23. The molecule has 0 radical (unpaired) electrons. The summed E-state index contributed by atoms with van der Waals surface area (Å²) in [4.78, 5) is 26.4. The summed E-state index contributed by atoms with van der Waals surface area (Å²) in [5.74, 6) is -0.318. The van der Waals surface area contributed by atoms with E-state index in [4.69, 9.17) is 15.0 Å². The molecule has 6 nitrogen and oxygen atoms in total. The van der Waals surface area contributed by atoms with Crippen molar-refractivity contribution in [2.24, 2.45) is 0 Å². The van der Waals surface area contributed by atoms with Crippen molar-refractivity contribution in [3.05, 3.63) is 29.3 Å². The Bertz CT molecular complexity index is 496. The second-order valence-electron chi connectivity index (χ2n) is 6.68. The van der Waals surface area contributed by atoms with Crippen LogP contribution in [0.25, 0.3) is 0 Å². The molecule has 0 spiro atoms. The third-order valence-corrected chi connectivity index (χ3v) is 2.52. The molecule has 0 bridgehead atoms. The van der Waals surface area contributed by atoms with Crippen LogP contribution in [-0.4, -0.2) is 16.8 Å². The van der Waals surface area contributed by atoms with Crippen molar-refractivity contribution in [3.63, 3.8) is 0 Å². The molecule has 0 aliphatic carbocycles. The van der Waals surface area contributed by atoms with Gasteiger partial charge in [-0.25, -0.2) is 10.1 Å². The Morgan fingerprint density at radius 2 is 1.71 bits per heavy atom. The van der Waals surface area contributed by atoms with Crippen LogP contribution in [0.3, 0.4) is 0 Å². The molecule has 0 aromatic heterocycles. The van der Waals surface area contributed by atoms with E-state index in [1.807, 2.05) is 41.5 Å². The Morgan fingerprint density at radius 1 is 1.10 bits per heavy atom. The summed E-state index contributed by atoms with van der Waals surface area (Å²) in [5.41, 5.74) is 0.161. The van der Waals surface area contributed by atoms with E-state index in [0.717, 1.165) is 0 Å². The molecule has 0 fully saturated rings. The molecule has 0 unspecified atom stereocenters. The Hall–Kier alpha value is -1.63. The highest BCUT2D eigenvalue weighted by molar-refractivity contribution is 5.91. The van der Waals surface area contributed by atoms with Crippen molar-refractivity contribution in [1.29, 1.82) is 0 Å². The topological polar surface area (TPSA) is 74.2 Å². The molecule has 0 saturated heterocycles. The van der Waals surface area contributed by atoms with Crippen LogP contribution in [0.2, 0.25) is 0 Å². The third kappa shape index (κ3) is 5.34. The summed E-state index contributed by atoms with van der Waals surface area (Å²) < 4.78 is 0. The first-order valence-electron chi connectivity index (χ1n) is 6.57. The zero-order valence-electron chi connectivity index (χ0n) is 13.2. The second kappa shape index (κ2) is 6.43. The number of hydrogen-bond acceptors (Lipinski definition) is 6. The maximum atomic E-state index is 11.8. The molecule has 6 heteroatoms. The van der Waals surface area contributed by atoms with Crippen LogP contribution in [0.5, 0.6) is 5.75 Å². The molecule has 1 aromatic carbocycles. The van der Waals surface area contributed by atoms with Gasteiger partial charge in [0, 0.05) is 0 Å². The third-order valence-electron chi connectivity index (χ3n) is 2.52. The first-order chi connectivity index (χ1) is 9.54. The van der Waals surface area contributed by atoms with Gasteiger partial charge in [-0.1, -0.05) is 20.8 Å². The van der Waals surface area contributed by atoms with Crippen LogP contribution < -0.4 is 4.89 Å². The Balaban J connectivity index is 3.11. The summed E-state index contributed by atoms with van der Waals surface area (Å²) >= 11 is 0. The standard InChI is InChI=1S/C15H22O6/c1-14(2,3)12-9-10(18-20-15(4,5)6)7-8-11(12)13(16)19-21-17/h7-9,17H,1-6H3. The quantitative estimate of drug-likeness (QED) is 0.675. The minimum Gasteiger partial charge on any atom is -0.337 e. The lowest BCUT2D eigenvalue weighted by molar-refractivity contribution is -0.455. The van der Waals surface area contributed by atoms with E-state index in [1.54, 1.807) is 12.1 Å². The van der Waals surface area contributed by atoms with Crippen LogP contribution in [0, 0.1) is 0 Å². The van der Waals surface area contributed by atoms with Crippen LogP contribution in [-0.2, 0) is 20.2 Å². The number of rotatable bonds is 4. The number of carbonyl (C=O) groups is 1. The van der Waals surface area contributed by atoms with Gasteiger partial charge in [0.2, 0.25) is 0 Å². The number of carbonyl (C=O) groups excluding carboxylic acids is 1. The first-order valence-corrected chi connectivity index (χ1v) is 6.57. The van der Waals surface area contributed by atoms with Gasteiger partial charge in [-0.3, -0.25) is 4.89 Å². The number of hydrogen-bond donors (Lipinski definition) is 1. The highest BCUT2D eigenvalue weighted by atomic mass is 17.5. The smallest absolute Gasteiger partial charge is 0.337 e. The summed E-state index contributed by atoms with van der Waals surface area (Å²) in [6, 6.07) is 4.80. The van der Waals surface area contributed by atoms with E-state index in [2.05, 4.69) is 9.93 Å². The van der Waals surface area contributed by atoms with Gasteiger partial charge in [0.25, 0.3) is 0 Å². The van der Waals surface area contributed by atoms with Crippen molar-refractivity contribution in [2.75, 3.05) is 0 Å². The molecule has 1 N–H and O–H groups in total. The zero-order chi connectivity index (χ0) is 16.3. The fourth-order valence-corrected chi connectivity index (χ4v) is 1.63. The zero-order valence-corrected chi connectivity index (χ0v) is 13.2. The molecule has 0 saturated carbocycles. The summed E-state index contributed by atoms with van der Waals surface area (Å²) in [7, 11) is 0. The normalized spacial score (nSPS) is 12.1. The van der Waals surface area contributed by atoms with Gasteiger partial charge in [0.1, 0.15) is 5.60 Å². The van der Waals surface area contributed by atoms with Crippen molar-refractivity contribution in [3.8, 4) is 5.75 Å². The summed E-state index contributed by atoms with van der Waals surface area (Å²) in [6.45, 7) is 11.4. The first kappa shape index (κ1) is 17.4. The molecule has 0 amide bonds. The Kier molecular flexibility index (Phi) is 5.33. The van der Waals surface area contributed by atoms with E-state index in [0.29, 0.717) is 11.3 Å². The van der Waals surface area contributed by atoms with Gasteiger partial charge in [0.05, 0.1) is 5.56 Å². The van der Waals surface area contributed by atoms with E-state index in [1.165, 1.54) is 6.07 Å². The second-order valence-corrected chi connectivity index (χ2v) is 6.68. The van der Waals surface area contributed by atoms with E-state index in [-0.39, 0.29) is 11.0 Å².